The molecule has 0 saturated carbocycles. The van der Waals surface area contributed by atoms with Gasteiger partial charge in [-0.3, -0.25) is 0 Å². The van der Waals surface area contributed by atoms with Gasteiger partial charge in [-0.25, -0.2) is 9.78 Å². The highest BCUT2D eigenvalue weighted by Gasteiger charge is 2.20. The van der Waals surface area contributed by atoms with Gasteiger partial charge in [0.05, 0.1) is 5.56 Å². The minimum atomic E-state index is -0.935. The van der Waals surface area contributed by atoms with Crippen molar-refractivity contribution in [1.29, 1.82) is 0 Å². The summed E-state index contributed by atoms with van der Waals surface area (Å²) in [6, 6.07) is 3.12. The first-order valence-electron chi connectivity index (χ1n) is 5.85. The number of likely N-dealkylation sites (N-methyl/N-ethyl adjacent to an activating group) is 1. The van der Waals surface area contributed by atoms with Crippen LogP contribution in [0.15, 0.2) is 12.1 Å². The lowest BCUT2D eigenvalue weighted by Gasteiger charge is -2.32. The van der Waals surface area contributed by atoms with E-state index in [2.05, 4.69) is 29.0 Å². The third-order valence-corrected chi connectivity index (χ3v) is 3.11. The Labute approximate surface area is 108 Å². The molecule has 1 aromatic heterocycles. The van der Waals surface area contributed by atoms with Gasteiger partial charge in [0.15, 0.2) is 0 Å². The molecule has 1 heterocycles. The van der Waals surface area contributed by atoms with Gasteiger partial charge >= 0.3 is 5.97 Å². The van der Waals surface area contributed by atoms with Crippen molar-refractivity contribution in [2.24, 2.45) is 0 Å². The fraction of sp³-hybridized carbons (Fsp3) is 0.538. The predicted molar refractivity (Wildman–Crippen MR) is 72.2 cm³/mol. The van der Waals surface area contributed by atoms with E-state index in [0.717, 1.165) is 0 Å². The highest BCUT2D eigenvalue weighted by molar-refractivity contribution is 5.88. The molecule has 5 nitrogen and oxygen atoms in total. The van der Waals surface area contributed by atoms with Crippen LogP contribution in [0.4, 0.5) is 5.82 Å². The van der Waals surface area contributed by atoms with Crippen molar-refractivity contribution in [2.75, 3.05) is 26.0 Å². The fourth-order valence-electron chi connectivity index (χ4n) is 1.35. The highest BCUT2D eigenvalue weighted by Crippen LogP contribution is 2.14. The van der Waals surface area contributed by atoms with E-state index in [9.17, 15) is 4.79 Å². The number of pyridine rings is 1. The summed E-state index contributed by atoms with van der Waals surface area (Å²) < 4.78 is 0. The van der Waals surface area contributed by atoms with Crippen LogP contribution in [0.2, 0.25) is 0 Å². The lowest BCUT2D eigenvalue weighted by atomic mass is 10.0. The molecule has 0 amide bonds. The fourth-order valence-corrected chi connectivity index (χ4v) is 1.35. The van der Waals surface area contributed by atoms with Crippen molar-refractivity contribution < 1.29 is 9.90 Å². The quantitative estimate of drug-likeness (QED) is 0.836. The second kappa shape index (κ2) is 5.35. The van der Waals surface area contributed by atoms with Crippen LogP contribution in [0.25, 0.3) is 0 Å². The zero-order valence-corrected chi connectivity index (χ0v) is 11.6. The van der Waals surface area contributed by atoms with Crippen LogP contribution in [0, 0.1) is 6.92 Å². The zero-order chi connectivity index (χ0) is 13.9. The third-order valence-electron chi connectivity index (χ3n) is 3.11. The molecule has 5 heteroatoms. The van der Waals surface area contributed by atoms with Crippen molar-refractivity contribution in [3.8, 4) is 0 Å². The van der Waals surface area contributed by atoms with Gasteiger partial charge < -0.3 is 15.3 Å². The summed E-state index contributed by atoms with van der Waals surface area (Å²) in [5, 5.41) is 12.2. The van der Waals surface area contributed by atoms with E-state index in [1.165, 1.54) is 0 Å². The predicted octanol–water partition coefficient (Wildman–Crippen LogP) is 1.84. The Morgan fingerprint density at radius 1 is 1.44 bits per heavy atom. The van der Waals surface area contributed by atoms with Gasteiger partial charge in [-0.05, 0) is 47.0 Å². The van der Waals surface area contributed by atoms with Crippen LogP contribution < -0.4 is 5.32 Å². The maximum absolute atomic E-state index is 11.0. The van der Waals surface area contributed by atoms with Crippen molar-refractivity contribution in [1.82, 2.24) is 9.88 Å². The number of nitrogens with one attached hydrogen (secondary N) is 1. The minimum absolute atomic E-state index is 0.0329. The summed E-state index contributed by atoms with van der Waals surface area (Å²) in [5.74, 6) is -0.335. The van der Waals surface area contributed by atoms with Crippen LogP contribution in [-0.4, -0.2) is 47.1 Å². The molecule has 0 bridgehead atoms. The van der Waals surface area contributed by atoms with Gasteiger partial charge in [-0.1, -0.05) is 0 Å². The molecule has 0 aliphatic rings. The molecule has 1 aromatic rings. The number of hydrogen-bond acceptors (Lipinski definition) is 4. The number of carboxylic acids is 1. The molecule has 1 rings (SSSR count). The average Bonchev–Trinajstić information content (AvgIpc) is 2.25. The third kappa shape index (κ3) is 3.70. The van der Waals surface area contributed by atoms with E-state index in [4.69, 9.17) is 5.11 Å². The van der Waals surface area contributed by atoms with Gasteiger partial charge in [-0.15, -0.1) is 0 Å². The summed E-state index contributed by atoms with van der Waals surface area (Å²) in [4.78, 5) is 17.3. The normalized spacial score (nSPS) is 11.7. The SMILES string of the molecule is Cc1cc(C(=O)O)cc(NCC(C)(C)N(C)C)n1. The zero-order valence-electron chi connectivity index (χ0n) is 11.6. The van der Waals surface area contributed by atoms with Crippen LogP contribution in [0.5, 0.6) is 0 Å². The average molecular weight is 251 g/mol. The lowest BCUT2D eigenvalue weighted by molar-refractivity contribution is 0.0696. The van der Waals surface area contributed by atoms with Gasteiger partial charge in [0.2, 0.25) is 0 Å². The molecule has 100 valence electrons. The molecule has 0 aromatic carbocycles. The van der Waals surface area contributed by atoms with E-state index < -0.39 is 5.97 Å². The van der Waals surface area contributed by atoms with E-state index in [1.54, 1.807) is 19.1 Å². The molecule has 2 N–H and O–H groups in total. The largest absolute Gasteiger partial charge is 0.478 e. The Bertz CT molecular complexity index is 442. The van der Waals surface area contributed by atoms with Gasteiger partial charge in [0, 0.05) is 17.8 Å². The number of carboxylic acid groups (broad SMARTS) is 1. The first-order valence-corrected chi connectivity index (χ1v) is 5.85. The van der Waals surface area contributed by atoms with Crippen molar-refractivity contribution in [2.45, 2.75) is 26.3 Å². The Balaban J connectivity index is 2.83. The first-order chi connectivity index (χ1) is 8.22. The standard InChI is InChI=1S/C13H21N3O2/c1-9-6-10(12(17)18)7-11(15-9)14-8-13(2,3)16(4)5/h6-7H,8H2,1-5H3,(H,14,15)(H,17,18). The summed E-state index contributed by atoms with van der Waals surface area (Å²) >= 11 is 0. The number of anilines is 1. The summed E-state index contributed by atoms with van der Waals surface area (Å²) in [6.07, 6.45) is 0. The molecule has 0 unspecified atom stereocenters. The summed E-state index contributed by atoms with van der Waals surface area (Å²) in [5.41, 5.74) is 0.919. The number of aromatic carboxylic acids is 1. The maximum Gasteiger partial charge on any atom is 0.335 e. The second-order valence-electron chi connectivity index (χ2n) is 5.25. The number of aryl methyl sites for hydroxylation is 1. The summed E-state index contributed by atoms with van der Waals surface area (Å²) in [7, 11) is 4.02. The molecule has 0 saturated heterocycles. The van der Waals surface area contributed by atoms with E-state index in [-0.39, 0.29) is 11.1 Å². The van der Waals surface area contributed by atoms with Gasteiger partial charge in [0.25, 0.3) is 0 Å². The van der Waals surface area contributed by atoms with Crippen LogP contribution >= 0.6 is 0 Å². The van der Waals surface area contributed by atoms with E-state index in [1.807, 2.05) is 14.1 Å². The minimum Gasteiger partial charge on any atom is -0.478 e. The Morgan fingerprint density at radius 3 is 2.56 bits per heavy atom. The molecular formula is C13H21N3O2. The smallest absolute Gasteiger partial charge is 0.335 e. The van der Waals surface area contributed by atoms with Gasteiger partial charge in [0.1, 0.15) is 5.82 Å². The lowest BCUT2D eigenvalue weighted by Crippen LogP contribution is -2.44. The maximum atomic E-state index is 11.0. The van der Waals surface area contributed by atoms with Crippen LogP contribution in [-0.2, 0) is 0 Å². The molecule has 0 atom stereocenters. The molecule has 0 aliphatic carbocycles. The Morgan fingerprint density at radius 2 is 2.06 bits per heavy atom. The topological polar surface area (TPSA) is 65.5 Å². The highest BCUT2D eigenvalue weighted by atomic mass is 16.4. The Kier molecular flexibility index (Phi) is 4.29. The van der Waals surface area contributed by atoms with Crippen LogP contribution in [0.1, 0.15) is 29.9 Å². The number of carbonyl (C=O) groups is 1. The Hall–Kier alpha value is -1.62. The number of aromatic nitrogens is 1. The first kappa shape index (κ1) is 14.4. The molecule has 0 spiro atoms. The monoisotopic (exact) mass is 251 g/mol. The number of rotatable bonds is 5. The van der Waals surface area contributed by atoms with Crippen LogP contribution in [0.3, 0.4) is 0 Å². The van der Waals surface area contributed by atoms with Gasteiger partial charge in [-0.2, -0.15) is 0 Å². The molecular weight excluding hydrogens is 230 g/mol. The molecule has 0 fully saturated rings. The number of hydrogen-bond donors (Lipinski definition) is 2. The molecule has 0 aliphatic heterocycles. The van der Waals surface area contributed by atoms with Crippen molar-refractivity contribution >= 4 is 11.8 Å². The molecule has 18 heavy (non-hydrogen) atoms. The van der Waals surface area contributed by atoms with Crippen molar-refractivity contribution in [3.05, 3.63) is 23.4 Å². The molecule has 0 radical (unpaired) electrons. The summed E-state index contributed by atoms with van der Waals surface area (Å²) in [6.45, 7) is 6.69. The van der Waals surface area contributed by atoms with E-state index in [0.29, 0.717) is 18.1 Å². The van der Waals surface area contributed by atoms with E-state index >= 15 is 0 Å². The van der Waals surface area contributed by atoms with Crippen molar-refractivity contribution in [3.63, 3.8) is 0 Å². The number of nitrogens with zero attached hydrogens (tertiary/aromatic N) is 2. The second-order valence-corrected chi connectivity index (χ2v) is 5.25.